The Morgan fingerprint density at radius 3 is 2.32 bits per heavy atom. The number of carbonyl (C=O) groups is 2. The Morgan fingerprint density at radius 2 is 1.86 bits per heavy atom. The third-order valence-electron chi connectivity index (χ3n) is 4.00. The Hall–Kier alpha value is -2.56. The predicted octanol–water partition coefficient (Wildman–Crippen LogP) is -0.778. The first-order chi connectivity index (χ1) is 10.1. The molecule has 22 heavy (non-hydrogen) atoms. The van der Waals surface area contributed by atoms with Crippen LogP contribution in [0.25, 0.3) is 0 Å². The molecule has 0 spiro atoms. The number of nitrogens with zero attached hydrogens (tertiary/aromatic N) is 3. The lowest BCUT2D eigenvalue weighted by atomic mass is 9.69. The molecule has 1 aliphatic heterocycles. The molecule has 2 aliphatic rings. The van der Waals surface area contributed by atoms with E-state index in [2.05, 4.69) is 0 Å². The van der Waals surface area contributed by atoms with E-state index in [1.807, 2.05) is 0 Å². The molecule has 2 bridgehead atoms. The zero-order valence-electron chi connectivity index (χ0n) is 11.3. The van der Waals surface area contributed by atoms with Gasteiger partial charge >= 0.3 is 11.9 Å². The van der Waals surface area contributed by atoms with E-state index >= 15 is 0 Å². The summed E-state index contributed by atoms with van der Waals surface area (Å²) in [5, 5.41) is 40.8. The van der Waals surface area contributed by atoms with Crippen molar-refractivity contribution in [3.05, 3.63) is 31.9 Å². The molecule has 0 aromatic carbocycles. The number of aliphatic carboxylic acids is 2. The maximum absolute atomic E-state index is 11.4. The molecule has 11 heteroatoms. The number of piperidine rings is 1. The fraction of sp³-hybridized carbons (Fsp3) is 0.636. The molecular formula is C11H13N3O8. The van der Waals surface area contributed by atoms with Crippen molar-refractivity contribution in [2.75, 3.05) is 19.6 Å². The number of fused-ring (bicyclic) bond motifs is 2. The second kappa shape index (κ2) is 5.02. The van der Waals surface area contributed by atoms with Crippen LogP contribution in [0.1, 0.15) is 12.8 Å². The molecule has 0 saturated carbocycles. The fourth-order valence-corrected chi connectivity index (χ4v) is 3.29. The third kappa shape index (κ3) is 2.50. The van der Waals surface area contributed by atoms with Crippen LogP contribution in [0.5, 0.6) is 0 Å². The van der Waals surface area contributed by atoms with Gasteiger partial charge in [0.1, 0.15) is 0 Å². The highest BCUT2D eigenvalue weighted by Gasteiger charge is 2.64. The molecule has 0 unspecified atom stereocenters. The SMILES string of the molecule is O=C(O)CN1C[C@]2([N+](=O)[O-])C=C(C(=O)O)C[C@@]([N+](=O)[O-])(C1)C2. The predicted molar refractivity (Wildman–Crippen MR) is 68.5 cm³/mol. The van der Waals surface area contributed by atoms with E-state index in [4.69, 9.17) is 10.2 Å². The minimum atomic E-state index is -1.97. The zero-order valence-corrected chi connectivity index (χ0v) is 11.3. The highest BCUT2D eigenvalue weighted by atomic mass is 16.6. The van der Waals surface area contributed by atoms with Crippen LogP contribution in [0, 0.1) is 20.2 Å². The van der Waals surface area contributed by atoms with Crippen LogP contribution >= 0.6 is 0 Å². The summed E-state index contributed by atoms with van der Waals surface area (Å²) in [5.41, 5.74) is -4.22. The van der Waals surface area contributed by atoms with E-state index in [9.17, 15) is 29.8 Å². The van der Waals surface area contributed by atoms with Gasteiger partial charge in [-0.2, -0.15) is 0 Å². The smallest absolute Gasteiger partial charge is 0.331 e. The summed E-state index contributed by atoms with van der Waals surface area (Å²) in [5.74, 6) is -2.71. The van der Waals surface area contributed by atoms with Gasteiger partial charge in [0.25, 0.3) is 5.54 Å². The molecular weight excluding hydrogens is 302 g/mol. The number of rotatable bonds is 5. The highest BCUT2D eigenvalue weighted by Crippen LogP contribution is 2.43. The lowest BCUT2D eigenvalue weighted by molar-refractivity contribution is -0.619. The lowest BCUT2D eigenvalue weighted by Crippen LogP contribution is -2.67. The largest absolute Gasteiger partial charge is 0.480 e. The van der Waals surface area contributed by atoms with Crippen LogP contribution in [0.15, 0.2) is 11.6 Å². The second-order valence-electron chi connectivity index (χ2n) is 5.71. The maximum Gasteiger partial charge on any atom is 0.331 e. The quantitative estimate of drug-likeness (QED) is 0.489. The van der Waals surface area contributed by atoms with Crippen molar-refractivity contribution in [2.24, 2.45) is 0 Å². The first-order valence-corrected chi connectivity index (χ1v) is 6.28. The van der Waals surface area contributed by atoms with Crippen molar-refractivity contribution in [1.82, 2.24) is 4.90 Å². The van der Waals surface area contributed by atoms with E-state index in [0.717, 1.165) is 11.0 Å². The Morgan fingerprint density at radius 1 is 1.23 bits per heavy atom. The van der Waals surface area contributed by atoms with Gasteiger partial charge in [-0.15, -0.1) is 0 Å². The van der Waals surface area contributed by atoms with Gasteiger partial charge in [-0.1, -0.05) is 0 Å². The molecule has 1 aliphatic carbocycles. The first kappa shape index (κ1) is 15.8. The van der Waals surface area contributed by atoms with Gasteiger partial charge in [0, 0.05) is 21.5 Å². The maximum atomic E-state index is 11.4. The zero-order chi connectivity index (χ0) is 16.7. The molecule has 1 heterocycles. The van der Waals surface area contributed by atoms with Crippen LogP contribution < -0.4 is 0 Å². The summed E-state index contributed by atoms with van der Waals surface area (Å²) in [4.78, 5) is 44.5. The van der Waals surface area contributed by atoms with E-state index in [-0.39, 0.29) is 18.7 Å². The van der Waals surface area contributed by atoms with Gasteiger partial charge in [-0.3, -0.25) is 29.9 Å². The molecule has 120 valence electrons. The van der Waals surface area contributed by atoms with Crippen molar-refractivity contribution in [2.45, 2.75) is 23.9 Å². The molecule has 11 nitrogen and oxygen atoms in total. The number of nitro groups is 2. The molecule has 2 atom stereocenters. The van der Waals surface area contributed by atoms with Crippen molar-refractivity contribution < 1.29 is 29.6 Å². The van der Waals surface area contributed by atoms with E-state index in [1.54, 1.807) is 0 Å². The molecule has 0 amide bonds. The minimum Gasteiger partial charge on any atom is -0.480 e. The topological polar surface area (TPSA) is 164 Å². The Bertz CT molecular complexity index is 602. The Balaban J connectivity index is 2.54. The van der Waals surface area contributed by atoms with Crippen LogP contribution in [0.2, 0.25) is 0 Å². The molecule has 0 aromatic rings. The summed E-state index contributed by atoms with van der Waals surface area (Å²) in [6, 6.07) is 0. The van der Waals surface area contributed by atoms with Crippen molar-refractivity contribution in [3.63, 3.8) is 0 Å². The second-order valence-corrected chi connectivity index (χ2v) is 5.71. The monoisotopic (exact) mass is 315 g/mol. The summed E-state index contributed by atoms with van der Waals surface area (Å²) < 4.78 is 0. The Labute approximate surface area is 123 Å². The van der Waals surface area contributed by atoms with Gasteiger partial charge in [-0.05, 0) is 0 Å². The van der Waals surface area contributed by atoms with E-state index in [0.29, 0.717) is 0 Å². The average Bonchev–Trinajstić information content (AvgIpc) is 2.36. The summed E-state index contributed by atoms with van der Waals surface area (Å²) in [6.07, 6.45) is -0.000957. The van der Waals surface area contributed by atoms with Crippen LogP contribution in [0.3, 0.4) is 0 Å². The number of carboxylic acids is 2. The van der Waals surface area contributed by atoms with Gasteiger partial charge < -0.3 is 10.2 Å². The van der Waals surface area contributed by atoms with Crippen LogP contribution in [-0.2, 0) is 9.59 Å². The van der Waals surface area contributed by atoms with Gasteiger partial charge in [0.05, 0.1) is 32.5 Å². The molecule has 1 saturated heterocycles. The summed E-state index contributed by atoms with van der Waals surface area (Å²) in [7, 11) is 0. The number of likely N-dealkylation sites (tertiary alicyclic amines) is 1. The number of hydrogen-bond donors (Lipinski definition) is 2. The van der Waals surface area contributed by atoms with Gasteiger partial charge in [-0.25, -0.2) is 4.79 Å². The van der Waals surface area contributed by atoms with E-state index in [1.165, 1.54) is 0 Å². The molecule has 1 fully saturated rings. The molecule has 2 N–H and O–H groups in total. The summed E-state index contributed by atoms with van der Waals surface area (Å²) in [6.45, 7) is -1.30. The normalized spacial score (nSPS) is 31.2. The first-order valence-electron chi connectivity index (χ1n) is 6.28. The summed E-state index contributed by atoms with van der Waals surface area (Å²) >= 11 is 0. The fourth-order valence-electron chi connectivity index (χ4n) is 3.29. The lowest BCUT2D eigenvalue weighted by Gasteiger charge is -2.44. The van der Waals surface area contributed by atoms with E-state index < -0.39 is 52.2 Å². The van der Waals surface area contributed by atoms with Gasteiger partial charge in [0.2, 0.25) is 5.54 Å². The van der Waals surface area contributed by atoms with Crippen molar-refractivity contribution in [3.8, 4) is 0 Å². The molecule has 0 aromatic heterocycles. The molecule has 2 rings (SSSR count). The van der Waals surface area contributed by atoms with Crippen molar-refractivity contribution in [1.29, 1.82) is 0 Å². The standard InChI is InChI=1S/C11H13N3O8/c15-8(16)3-12-5-10(13(19)20)1-7(9(17)18)2-11(4-10,6-12)14(21)22/h1H,2-6H2,(H,15,16)(H,17,18)/t10-,11-/m0/s1. The number of hydrogen-bond acceptors (Lipinski definition) is 7. The van der Waals surface area contributed by atoms with Crippen LogP contribution in [-0.4, -0.2) is 67.6 Å². The molecule has 0 radical (unpaired) electrons. The third-order valence-corrected chi connectivity index (χ3v) is 4.00. The average molecular weight is 315 g/mol. The minimum absolute atomic E-state index is 0.341. The number of carboxylic acid groups (broad SMARTS) is 2. The van der Waals surface area contributed by atoms with Gasteiger partial charge in [0.15, 0.2) is 0 Å². The van der Waals surface area contributed by atoms with Crippen molar-refractivity contribution >= 4 is 11.9 Å². The Kier molecular flexibility index (Phi) is 3.61. The highest BCUT2D eigenvalue weighted by molar-refractivity contribution is 5.87. The van der Waals surface area contributed by atoms with Crippen LogP contribution in [0.4, 0.5) is 0 Å².